The number of alkyl halides is 3. The number of ether oxygens (including phenoxy) is 1. The fourth-order valence-electron chi connectivity index (χ4n) is 0.218. The van der Waals surface area contributed by atoms with Crippen LogP contribution in [0.15, 0.2) is 0 Å². The summed E-state index contributed by atoms with van der Waals surface area (Å²) in [7, 11) is -4.17. The molecule has 0 aromatic rings. The van der Waals surface area contributed by atoms with Crippen LogP contribution in [0.1, 0.15) is 0 Å². The SMILES string of the molecule is COCNS(=O)(=O)C(F)(F)F. The minimum atomic E-state index is -5.27. The van der Waals surface area contributed by atoms with E-state index in [0.717, 1.165) is 7.11 Å². The highest BCUT2D eigenvalue weighted by Crippen LogP contribution is 2.20. The number of hydrogen-bond acceptors (Lipinski definition) is 3. The Hall–Kier alpha value is -0.340. The molecule has 0 unspecified atom stereocenters. The highest BCUT2D eigenvalue weighted by molar-refractivity contribution is 7.90. The van der Waals surface area contributed by atoms with Gasteiger partial charge in [-0.25, -0.2) is 8.42 Å². The van der Waals surface area contributed by atoms with Crippen LogP contribution in [0.5, 0.6) is 0 Å². The van der Waals surface area contributed by atoms with E-state index < -0.39 is 22.3 Å². The van der Waals surface area contributed by atoms with Gasteiger partial charge in [-0.15, -0.1) is 0 Å². The Bertz CT molecular complexity index is 208. The van der Waals surface area contributed by atoms with Crippen molar-refractivity contribution in [3.8, 4) is 0 Å². The monoisotopic (exact) mass is 193 g/mol. The number of rotatable bonds is 3. The van der Waals surface area contributed by atoms with Crippen molar-refractivity contribution in [1.29, 1.82) is 0 Å². The molecule has 0 aromatic carbocycles. The van der Waals surface area contributed by atoms with Gasteiger partial charge in [0.15, 0.2) is 0 Å². The van der Waals surface area contributed by atoms with Crippen LogP contribution in [0.25, 0.3) is 0 Å². The van der Waals surface area contributed by atoms with E-state index in [2.05, 4.69) is 4.74 Å². The minimum Gasteiger partial charge on any atom is -0.369 e. The summed E-state index contributed by atoms with van der Waals surface area (Å²) in [6, 6.07) is 0. The Morgan fingerprint density at radius 1 is 1.45 bits per heavy atom. The fourth-order valence-corrected chi connectivity index (χ4v) is 0.655. The quantitative estimate of drug-likeness (QED) is 0.643. The van der Waals surface area contributed by atoms with Crippen molar-refractivity contribution in [1.82, 2.24) is 4.72 Å². The van der Waals surface area contributed by atoms with E-state index in [4.69, 9.17) is 0 Å². The highest BCUT2D eigenvalue weighted by atomic mass is 32.2. The Balaban J connectivity index is 4.26. The van der Waals surface area contributed by atoms with Crippen LogP contribution < -0.4 is 4.72 Å². The van der Waals surface area contributed by atoms with E-state index in [1.54, 1.807) is 0 Å². The van der Waals surface area contributed by atoms with Crippen LogP contribution in [0.4, 0.5) is 13.2 Å². The van der Waals surface area contributed by atoms with E-state index in [9.17, 15) is 21.6 Å². The summed E-state index contributed by atoms with van der Waals surface area (Å²) >= 11 is 0. The second kappa shape index (κ2) is 3.37. The van der Waals surface area contributed by atoms with Gasteiger partial charge < -0.3 is 4.74 Å². The molecule has 0 heterocycles. The van der Waals surface area contributed by atoms with Gasteiger partial charge in [0.25, 0.3) is 0 Å². The Morgan fingerprint density at radius 3 is 2.18 bits per heavy atom. The van der Waals surface area contributed by atoms with Crippen molar-refractivity contribution in [2.24, 2.45) is 0 Å². The summed E-state index contributed by atoms with van der Waals surface area (Å²) in [5.41, 5.74) is -5.27. The molecular formula is C3H6F3NO3S. The third-order valence-electron chi connectivity index (χ3n) is 0.698. The maximum Gasteiger partial charge on any atom is 0.511 e. The Morgan fingerprint density at radius 2 is 1.91 bits per heavy atom. The van der Waals surface area contributed by atoms with Gasteiger partial charge in [0.2, 0.25) is 0 Å². The van der Waals surface area contributed by atoms with Crippen LogP contribution in [-0.2, 0) is 14.8 Å². The summed E-state index contributed by atoms with van der Waals surface area (Å²) in [4.78, 5) is 0. The van der Waals surface area contributed by atoms with Crippen LogP contribution in [0.3, 0.4) is 0 Å². The average Bonchev–Trinajstić information content (AvgIpc) is 1.81. The molecule has 0 rings (SSSR count). The maximum absolute atomic E-state index is 11.5. The minimum absolute atomic E-state index is 0.693. The van der Waals surface area contributed by atoms with Crippen molar-refractivity contribution in [2.75, 3.05) is 13.8 Å². The molecule has 0 radical (unpaired) electrons. The lowest BCUT2D eigenvalue weighted by Gasteiger charge is -2.07. The first kappa shape index (κ1) is 10.7. The Labute approximate surface area is 61.4 Å². The van der Waals surface area contributed by atoms with E-state index in [1.807, 2.05) is 0 Å². The van der Waals surface area contributed by atoms with Gasteiger partial charge in [-0.2, -0.15) is 17.9 Å². The molecule has 0 fully saturated rings. The summed E-state index contributed by atoms with van der Waals surface area (Å²) in [6.45, 7) is -0.693. The summed E-state index contributed by atoms with van der Waals surface area (Å²) in [5, 5.41) is 0. The third kappa shape index (κ3) is 3.04. The van der Waals surface area contributed by atoms with Gasteiger partial charge in [0.05, 0.1) is 0 Å². The van der Waals surface area contributed by atoms with Crippen molar-refractivity contribution < 1.29 is 26.3 Å². The number of nitrogens with one attached hydrogen (secondary N) is 1. The lowest BCUT2D eigenvalue weighted by atomic mass is 11.3. The molecule has 0 aliphatic rings. The van der Waals surface area contributed by atoms with Gasteiger partial charge in [-0.1, -0.05) is 0 Å². The van der Waals surface area contributed by atoms with Gasteiger partial charge >= 0.3 is 15.5 Å². The van der Waals surface area contributed by atoms with E-state index >= 15 is 0 Å². The second-order valence-corrected chi connectivity index (χ2v) is 3.28. The predicted octanol–water partition coefficient (Wildman–Crippen LogP) is 0.0295. The van der Waals surface area contributed by atoms with Gasteiger partial charge in [-0.3, -0.25) is 0 Å². The first-order chi connectivity index (χ1) is 4.81. The molecule has 0 bridgehead atoms. The van der Waals surface area contributed by atoms with E-state index in [1.165, 1.54) is 4.72 Å². The zero-order chi connectivity index (χ0) is 9.12. The molecule has 0 spiro atoms. The summed E-state index contributed by atoms with van der Waals surface area (Å²) in [5.74, 6) is 0. The molecule has 11 heavy (non-hydrogen) atoms. The molecule has 0 atom stereocenters. The summed E-state index contributed by atoms with van der Waals surface area (Å²) in [6.07, 6.45) is 0. The zero-order valence-electron chi connectivity index (χ0n) is 5.47. The number of sulfonamides is 1. The number of hydrogen-bond donors (Lipinski definition) is 1. The largest absolute Gasteiger partial charge is 0.511 e. The van der Waals surface area contributed by atoms with Crippen molar-refractivity contribution in [2.45, 2.75) is 5.51 Å². The van der Waals surface area contributed by atoms with Crippen LogP contribution in [0, 0.1) is 0 Å². The number of methoxy groups -OCH3 is 1. The van der Waals surface area contributed by atoms with E-state index in [-0.39, 0.29) is 0 Å². The average molecular weight is 193 g/mol. The predicted molar refractivity (Wildman–Crippen MR) is 30.0 cm³/mol. The van der Waals surface area contributed by atoms with Gasteiger partial charge in [0.1, 0.15) is 6.73 Å². The normalized spacial score (nSPS) is 13.5. The first-order valence-corrected chi connectivity index (χ1v) is 3.84. The number of halogens is 3. The molecule has 1 N–H and O–H groups in total. The molecule has 0 aliphatic heterocycles. The molecule has 68 valence electrons. The lowest BCUT2D eigenvalue weighted by Crippen LogP contribution is -2.37. The smallest absolute Gasteiger partial charge is 0.369 e. The second-order valence-electron chi connectivity index (χ2n) is 1.53. The van der Waals surface area contributed by atoms with Crippen molar-refractivity contribution in [3.05, 3.63) is 0 Å². The maximum atomic E-state index is 11.5. The molecule has 0 aromatic heterocycles. The molecule has 0 saturated heterocycles. The summed E-state index contributed by atoms with van der Waals surface area (Å²) < 4.78 is 59.8. The van der Waals surface area contributed by atoms with E-state index in [0.29, 0.717) is 0 Å². The van der Waals surface area contributed by atoms with Gasteiger partial charge in [-0.05, 0) is 0 Å². The third-order valence-corrected chi connectivity index (χ3v) is 1.81. The standard InChI is InChI=1S/C3H6F3NO3S/c1-10-2-7-11(8,9)3(4,5)6/h7H,2H2,1H3. The first-order valence-electron chi connectivity index (χ1n) is 2.36. The highest BCUT2D eigenvalue weighted by Gasteiger charge is 2.45. The fraction of sp³-hybridized carbons (Fsp3) is 1.00. The Kier molecular flexibility index (Phi) is 3.27. The van der Waals surface area contributed by atoms with Gasteiger partial charge in [0, 0.05) is 7.11 Å². The van der Waals surface area contributed by atoms with Crippen LogP contribution in [-0.4, -0.2) is 27.8 Å². The molecule has 4 nitrogen and oxygen atoms in total. The molecule has 0 aliphatic carbocycles. The molecule has 8 heteroatoms. The van der Waals surface area contributed by atoms with Crippen molar-refractivity contribution >= 4 is 10.0 Å². The topological polar surface area (TPSA) is 55.4 Å². The lowest BCUT2D eigenvalue weighted by molar-refractivity contribution is -0.0455. The molecule has 0 amide bonds. The molecular weight excluding hydrogens is 187 g/mol. The zero-order valence-corrected chi connectivity index (χ0v) is 6.29. The van der Waals surface area contributed by atoms with Crippen LogP contribution >= 0.6 is 0 Å². The molecule has 0 saturated carbocycles. The van der Waals surface area contributed by atoms with Crippen molar-refractivity contribution in [3.63, 3.8) is 0 Å². The van der Waals surface area contributed by atoms with Crippen LogP contribution in [0.2, 0.25) is 0 Å².